The third-order valence-corrected chi connectivity index (χ3v) is 13.5. The molecule has 1 fully saturated rings. The van der Waals surface area contributed by atoms with E-state index in [1.54, 1.807) is 48.8 Å². The molecule has 11 nitrogen and oxygen atoms in total. The summed E-state index contributed by atoms with van der Waals surface area (Å²) < 4.78 is 11.5. The minimum Gasteiger partial charge on any atom is -0.668 e. The molecule has 0 bridgehead atoms. The fraction of sp³-hybridized carbons (Fsp3) is 0.358. The van der Waals surface area contributed by atoms with E-state index in [1.807, 2.05) is 48.5 Å². The summed E-state index contributed by atoms with van der Waals surface area (Å²) in [6, 6.07) is 27.4. The Morgan fingerprint density at radius 3 is 2.56 bits per heavy atom. The summed E-state index contributed by atoms with van der Waals surface area (Å²) in [5, 5.41) is 60.0. The van der Waals surface area contributed by atoms with Gasteiger partial charge in [0.05, 0.1) is 25.7 Å². The third-order valence-electron chi connectivity index (χ3n) is 13.5. The van der Waals surface area contributed by atoms with Gasteiger partial charge in [0.25, 0.3) is 0 Å². The number of aliphatic hydroxyl groups excluding tert-OH is 1. The van der Waals surface area contributed by atoms with Gasteiger partial charge in [-0.3, -0.25) is 4.79 Å². The number of aromatic nitrogens is 2. The van der Waals surface area contributed by atoms with Crippen LogP contribution in [0.2, 0.25) is 0 Å². The maximum atomic E-state index is 15.3. The number of benzene rings is 4. The Morgan fingerprint density at radius 2 is 1.75 bits per heavy atom. The Hall–Kier alpha value is -6.46. The van der Waals surface area contributed by atoms with Gasteiger partial charge >= 0.3 is 0 Å². The average Bonchev–Trinajstić information content (AvgIpc) is 3.97. The molecule has 6 atom stereocenters. The van der Waals surface area contributed by atoms with E-state index in [2.05, 4.69) is 29.4 Å². The van der Waals surface area contributed by atoms with Crippen LogP contribution < -0.4 is 19.8 Å². The monoisotopic (exact) mass is 864 g/mol. The van der Waals surface area contributed by atoms with Gasteiger partial charge in [0.1, 0.15) is 17.4 Å². The van der Waals surface area contributed by atoms with Gasteiger partial charge in [-0.25, -0.2) is 4.98 Å². The number of carbonyl (C=O) groups is 1. The van der Waals surface area contributed by atoms with Crippen molar-refractivity contribution in [2.24, 2.45) is 23.7 Å². The van der Waals surface area contributed by atoms with Gasteiger partial charge in [-0.15, -0.1) is 0 Å². The first-order chi connectivity index (χ1) is 31.0. The van der Waals surface area contributed by atoms with Crippen molar-refractivity contribution in [3.8, 4) is 34.5 Å². The minimum atomic E-state index is -1.07. The smallest absolute Gasteiger partial charge is 0.200 e. The van der Waals surface area contributed by atoms with E-state index in [4.69, 9.17) is 14.5 Å². The van der Waals surface area contributed by atoms with Gasteiger partial charge in [0.2, 0.25) is 5.75 Å². The van der Waals surface area contributed by atoms with Crippen molar-refractivity contribution in [3.63, 3.8) is 0 Å². The zero-order valence-electron chi connectivity index (χ0n) is 36.5. The van der Waals surface area contributed by atoms with Crippen LogP contribution >= 0.6 is 0 Å². The molecular formula is C53H58N3O8-. The van der Waals surface area contributed by atoms with Crippen molar-refractivity contribution >= 4 is 28.1 Å². The molecule has 0 aliphatic heterocycles. The molecule has 11 heteroatoms. The Morgan fingerprint density at radius 1 is 0.922 bits per heavy atom. The number of allylic oxidation sites excluding steroid dienone is 1. The predicted octanol–water partition coefficient (Wildman–Crippen LogP) is 9.84. The Balaban J connectivity index is 1.14. The van der Waals surface area contributed by atoms with Crippen LogP contribution in [0.15, 0.2) is 116 Å². The quantitative estimate of drug-likeness (QED) is 0.0358. The zero-order valence-corrected chi connectivity index (χ0v) is 36.5. The topological polar surface area (TPSA) is 176 Å². The number of hydrogen-bond donors (Lipinski definition) is 6. The molecule has 2 aliphatic carbocycles. The second-order valence-corrected chi connectivity index (χ2v) is 17.9. The van der Waals surface area contributed by atoms with E-state index in [1.165, 1.54) is 13.2 Å². The number of hydrogen-bond acceptors (Lipinski definition) is 10. The largest absolute Gasteiger partial charge is 0.668 e. The summed E-state index contributed by atoms with van der Waals surface area (Å²) >= 11 is 0. The average molecular weight is 865 g/mol. The van der Waals surface area contributed by atoms with Crippen LogP contribution in [0.5, 0.6) is 34.5 Å². The van der Waals surface area contributed by atoms with Gasteiger partial charge < -0.3 is 45.3 Å². The maximum absolute atomic E-state index is 15.3. The predicted molar refractivity (Wildman–Crippen MR) is 248 cm³/mol. The first kappa shape index (κ1) is 44.2. The number of nitrogens with one attached hydrogen (secondary N) is 1. The van der Waals surface area contributed by atoms with E-state index in [-0.39, 0.29) is 65.6 Å². The van der Waals surface area contributed by atoms with Gasteiger partial charge in [-0.2, -0.15) is 11.9 Å². The van der Waals surface area contributed by atoms with Crippen LogP contribution in [0.1, 0.15) is 74.3 Å². The molecule has 8 rings (SSSR count). The molecule has 64 heavy (non-hydrogen) atoms. The number of phenols is 4. The molecule has 0 unspecified atom stereocenters. The number of phenolic OH excluding ortho intramolecular Hbond substituents is 4. The molecule has 6 N–H and O–H groups in total. The lowest BCUT2D eigenvalue weighted by Gasteiger charge is -2.45. The molecular weight excluding hydrogens is 807 g/mol. The number of pyridine rings is 1. The van der Waals surface area contributed by atoms with Crippen LogP contribution in [0.3, 0.4) is 0 Å². The highest BCUT2D eigenvalue weighted by atomic mass is 16.5. The van der Waals surface area contributed by atoms with E-state index in [9.17, 15) is 25.5 Å². The molecule has 6 aromatic rings. The van der Waals surface area contributed by atoms with E-state index < -0.39 is 17.4 Å². The van der Waals surface area contributed by atoms with Crippen LogP contribution in [-0.2, 0) is 29.5 Å². The Labute approximate surface area is 374 Å². The normalized spacial score (nSPS) is 20.5. The summed E-state index contributed by atoms with van der Waals surface area (Å²) in [6.45, 7) is 2.56. The van der Waals surface area contributed by atoms with Gasteiger partial charge in [-0.1, -0.05) is 55.8 Å². The van der Waals surface area contributed by atoms with Crippen LogP contribution in [-0.4, -0.2) is 56.1 Å². The molecule has 334 valence electrons. The van der Waals surface area contributed by atoms with Crippen LogP contribution in [0.25, 0.3) is 10.8 Å². The van der Waals surface area contributed by atoms with Crippen molar-refractivity contribution in [2.45, 2.75) is 82.7 Å². The van der Waals surface area contributed by atoms with E-state index >= 15 is 4.79 Å². The van der Waals surface area contributed by atoms with Gasteiger partial charge in [-0.05, 0) is 151 Å². The van der Waals surface area contributed by atoms with Crippen molar-refractivity contribution in [3.05, 3.63) is 138 Å². The number of carbonyl (C=O) groups excluding carboxylic acids is 1. The molecule has 0 amide bonds. The summed E-state index contributed by atoms with van der Waals surface area (Å²) in [4.78, 5) is 24.7. The minimum absolute atomic E-state index is 0.0214. The number of aryl methyl sites for hydroxylation is 2. The first-order valence-corrected chi connectivity index (χ1v) is 22.4. The summed E-state index contributed by atoms with van der Waals surface area (Å²) in [7, 11) is 1.49. The molecule has 2 aliphatic rings. The number of methoxy groups -OCH3 is 1. The van der Waals surface area contributed by atoms with Gasteiger partial charge in [0, 0.05) is 29.6 Å². The Kier molecular flexibility index (Phi) is 13.5. The van der Waals surface area contributed by atoms with Crippen molar-refractivity contribution < 1.29 is 39.8 Å². The SMILES string of the molecule is COc1cc(CC[C@@H](O)[C@H](C(=O)CCc2cc(O)c(O)c(OC[C@@H]3C=CC[C@@H](C)C3)c2)[C@@]2(c3ccnc(Nc4ccc5cc(O)ccc5c4)c3)CCC[C@@H]2Cc2ccc[n-]2)ccc1O. The number of Topliss-reactive ketones (excluding diaryl/α,β-unsaturated/α-hetero) is 1. The number of aliphatic hydroxyl groups is 1. The first-order valence-electron chi connectivity index (χ1n) is 22.4. The number of aromatic hydroxyl groups is 4. The van der Waals surface area contributed by atoms with Gasteiger partial charge in [0.15, 0.2) is 23.0 Å². The molecule has 0 spiro atoms. The summed E-state index contributed by atoms with van der Waals surface area (Å²) in [5.41, 5.74) is 3.30. The highest BCUT2D eigenvalue weighted by Crippen LogP contribution is 2.54. The second-order valence-electron chi connectivity index (χ2n) is 17.9. The van der Waals surface area contributed by atoms with Crippen LogP contribution in [0.4, 0.5) is 11.5 Å². The molecule has 4 aromatic carbocycles. The van der Waals surface area contributed by atoms with E-state index in [0.717, 1.165) is 59.0 Å². The summed E-state index contributed by atoms with van der Waals surface area (Å²) in [5.74, 6) is 0.369. The van der Waals surface area contributed by atoms with Crippen molar-refractivity contribution in [1.82, 2.24) is 9.97 Å². The number of fused-ring (bicyclic) bond motifs is 1. The number of ketones is 1. The maximum Gasteiger partial charge on any atom is 0.200 e. The highest BCUT2D eigenvalue weighted by Gasteiger charge is 2.54. The number of nitrogens with zero attached hydrogens (tertiary/aromatic N) is 2. The molecule has 2 heterocycles. The zero-order chi connectivity index (χ0) is 44.8. The Bertz CT molecular complexity index is 2590. The molecule has 0 saturated heterocycles. The number of ether oxygens (including phenoxy) is 2. The van der Waals surface area contributed by atoms with Crippen molar-refractivity contribution in [2.75, 3.05) is 19.0 Å². The lowest BCUT2D eigenvalue weighted by atomic mass is 9.59. The van der Waals surface area contributed by atoms with E-state index in [0.29, 0.717) is 48.9 Å². The standard InChI is InChI=1S/C53H58N3O8/c1-33-6-3-7-36(24-33)32-64-49-27-35(25-47(61)52(49)62)12-19-46(60)51(45(59)18-11-34-10-17-44(58)48(26-34)63-2)53(21-4-8-39(53)30-41-9-5-22-54-41)40-20-23-55-50(31-40)56-42-15-13-38-29-43(57)16-14-37(38)28-42/h3,5,7,9-10,13-17,20,22-23,25-29,31,33,36,39,45,51,57-59,61-62H,4,6,8,11-12,18-19,21,24,30,32H2,1-2H3,(H,55,56)/q-1/t33-,36-,39-,45-,51-,53+/m1/s1. The fourth-order valence-electron chi connectivity index (χ4n) is 10.4. The lowest BCUT2D eigenvalue weighted by Crippen LogP contribution is -2.49. The molecule has 2 aromatic heterocycles. The fourth-order valence-corrected chi connectivity index (χ4v) is 10.4. The second kappa shape index (κ2) is 19.5. The molecule has 0 radical (unpaired) electrons. The highest BCUT2D eigenvalue weighted by molar-refractivity contribution is 5.87. The third kappa shape index (κ3) is 9.85. The number of anilines is 2. The van der Waals surface area contributed by atoms with Crippen molar-refractivity contribution in [1.29, 1.82) is 0 Å². The molecule has 1 saturated carbocycles. The summed E-state index contributed by atoms with van der Waals surface area (Å²) in [6.07, 6.45) is 12.7. The number of rotatable bonds is 18. The van der Waals surface area contributed by atoms with Crippen LogP contribution in [0, 0.1) is 23.7 Å². The lowest BCUT2D eigenvalue weighted by molar-refractivity contribution is -0.131.